The Bertz CT molecular complexity index is 680. The first kappa shape index (κ1) is 14.5. The highest BCUT2D eigenvalue weighted by Crippen LogP contribution is 2.44. The number of benzene rings is 1. The van der Waals surface area contributed by atoms with Gasteiger partial charge in [0.2, 0.25) is 0 Å². The van der Waals surface area contributed by atoms with Crippen molar-refractivity contribution in [2.24, 2.45) is 5.92 Å². The van der Waals surface area contributed by atoms with E-state index in [0.717, 1.165) is 36.9 Å². The summed E-state index contributed by atoms with van der Waals surface area (Å²) in [5, 5.41) is 1.22. The highest BCUT2D eigenvalue weighted by atomic mass is 16.7. The summed E-state index contributed by atoms with van der Waals surface area (Å²) in [4.78, 5) is 30.7. The molecule has 1 aromatic rings. The third-order valence-corrected chi connectivity index (χ3v) is 4.60. The molecule has 1 amide bonds. The van der Waals surface area contributed by atoms with E-state index in [1.807, 2.05) is 18.2 Å². The van der Waals surface area contributed by atoms with Crippen LogP contribution in [-0.4, -0.2) is 30.2 Å². The lowest BCUT2D eigenvalue weighted by Gasteiger charge is -2.20. The van der Waals surface area contributed by atoms with Crippen LogP contribution in [0.5, 0.6) is 0 Å². The van der Waals surface area contributed by atoms with Crippen LogP contribution >= 0.6 is 0 Å². The van der Waals surface area contributed by atoms with Crippen LogP contribution in [-0.2, 0) is 14.4 Å². The van der Waals surface area contributed by atoms with Crippen molar-refractivity contribution in [1.29, 1.82) is 0 Å². The monoisotopic (exact) mass is 313 g/mol. The Morgan fingerprint density at radius 3 is 2.70 bits per heavy atom. The summed E-state index contributed by atoms with van der Waals surface area (Å²) in [6, 6.07) is 7.44. The number of amides is 1. The fourth-order valence-electron chi connectivity index (χ4n) is 3.22. The zero-order chi connectivity index (χ0) is 15.8. The van der Waals surface area contributed by atoms with E-state index in [2.05, 4.69) is 0 Å². The Kier molecular flexibility index (Phi) is 3.65. The van der Waals surface area contributed by atoms with Gasteiger partial charge in [-0.05, 0) is 43.7 Å². The molecular formula is C18H19NO4. The summed E-state index contributed by atoms with van der Waals surface area (Å²) in [7, 11) is 0. The average molecular weight is 313 g/mol. The van der Waals surface area contributed by atoms with Gasteiger partial charge in [-0.2, -0.15) is 0 Å². The van der Waals surface area contributed by atoms with Crippen LogP contribution in [0.1, 0.15) is 48.0 Å². The Morgan fingerprint density at radius 1 is 1.13 bits per heavy atom. The molecule has 2 heterocycles. The van der Waals surface area contributed by atoms with Crippen molar-refractivity contribution in [3.63, 3.8) is 0 Å². The van der Waals surface area contributed by atoms with Crippen molar-refractivity contribution in [3.8, 4) is 0 Å². The second kappa shape index (κ2) is 5.81. The number of rotatable bonds is 2. The van der Waals surface area contributed by atoms with Crippen LogP contribution in [0.4, 0.5) is 0 Å². The highest BCUT2D eigenvalue weighted by molar-refractivity contribution is 6.09. The van der Waals surface area contributed by atoms with Crippen molar-refractivity contribution < 1.29 is 19.2 Å². The molecule has 0 spiro atoms. The molecule has 2 fully saturated rings. The molecule has 23 heavy (non-hydrogen) atoms. The van der Waals surface area contributed by atoms with Gasteiger partial charge in [-0.1, -0.05) is 18.2 Å². The number of hydrogen-bond acceptors (Lipinski definition) is 4. The fourth-order valence-corrected chi connectivity index (χ4v) is 3.22. The van der Waals surface area contributed by atoms with E-state index in [1.54, 1.807) is 6.07 Å². The molecule has 2 aliphatic heterocycles. The lowest BCUT2D eigenvalue weighted by Crippen LogP contribution is -2.31. The van der Waals surface area contributed by atoms with E-state index >= 15 is 0 Å². The molecule has 1 aromatic carbocycles. The Labute approximate surface area is 134 Å². The van der Waals surface area contributed by atoms with Crippen molar-refractivity contribution >= 4 is 17.6 Å². The second-order valence-electron chi connectivity index (χ2n) is 6.25. The van der Waals surface area contributed by atoms with E-state index in [4.69, 9.17) is 9.57 Å². The molecule has 3 aliphatic rings. The predicted octanol–water partition coefficient (Wildman–Crippen LogP) is 2.92. The number of ether oxygens (including phenoxy) is 1. The Hall–Kier alpha value is -2.14. The molecule has 1 saturated carbocycles. The summed E-state index contributed by atoms with van der Waals surface area (Å²) in [5.41, 5.74) is 3.45. The van der Waals surface area contributed by atoms with E-state index in [0.29, 0.717) is 25.2 Å². The first-order valence-corrected chi connectivity index (χ1v) is 8.21. The quantitative estimate of drug-likeness (QED) is 0.842. The van der Waals surface area contributed by atoms with E-state index in [9.17, 15) is 9.59 Å². The van der Waals surface area contributed by atoms with Gasteiger partial charge in [-0.15, -0.1) is 5.06 Å². The molecule has 5 heteroatoms. The largest absolute Gasteiger partial charge is 0.381 e. The van der Waals surface area contributed by atoms with Crippen LogP contribution in [0.3, 0.4) is 0 Å². The number of hydrogen-bond donors (Lipinski definition) is 0. The van der Waals surface area contributed by atoms with Crippen molar-refractivity contribution in [2.45, 2.75) is 32.1 Å². The van der Waals surface area contributed by atoms with Crippen LogP contribution < -0.4 is 0 Å². The number of hydroxylamine groups is 2. The Balaban J connectivity index is 1.58. The molecule has 120 valence electrons. The van der Waals surface area contributed by atoms with Gasteiger partial charge >= 0.3 is 5.97 Å². The van der Waals surface area contributed by atoms with Crippen LogP contribution in [0, 0.1) is 5.92 Å². The normalized spacial score (nSPS) is 23.6. The van der Waals surface area contributed by atoms with Gasteiger partial charge in [-0.25, -0.2) is 4.79 Å². The SMILES string of the molecule is O=C(ON1C(=O)c2ccccc2C1=C1CC1)C1CCCOCC1. The summed E-state index contributed by atoms with van der Waals surface area (Å²) < 4.78 is 5.39. The minimum absolute atomic E-state index is 0.195. The second-order valence-corrected chi connectivity index (χ2v) is 6.25. The fraction of sp³-hybridized carbons (Fsp3) is 0.444. The molecule has 5 nitrogen and oxygen atoms in total. The summed E-state index contributed by atoms with van der Waals surface area (Å²) in [6.07, 6.45) is 4.17. The lowest BCUT2D eigenvalue weighted by atomic mass is 10.0. The maximum absolute atomic E-state index is 12.6. The van der Waals surface area contributed by atoms with Crippen molar-refractivity contribution in [3.05, 3.63) is 41.0 Å². The zero-order valence-corrected chi connectivity index (χ0v) is 12.9. The number of carbonyl (C=O) groups is 2. The molecule has 1 aliphatic carbocycles. The van der Waals surface area contributed by atoms with Gasteiger partial charge in [0.25, 0.3) is 5.91 Å². The zero-order valence-electron chi connectivity index (χ0n) is 12.9. The highest BCUT2D eigenvalue weighted by Gasteiger charge is 2.40. The molecule has 1 unspecified atom stereocenters. The molecule has 4 rings (SSSR count). The third-order valence-electron chi connectivity index (χ3n) is 4.60. The molecule has 0 N–H and O–H groups in total. The van der Waals surface area contributed by atoms with Crippen molar-refractivity contribution in [2.75, 3.05) is 13.2 Å². The number of fused-ring (bicyclic) bond motifs is 1. The maximum Gasteiger partial charge on any atom is 0.336 e. The molecule has 0 bridgehead atoms. The van der Waals surface area contributed by atoms with Gasteiger partial charge in [0.05, 0.1) is 17.2 Å². The first-order chi connectivity index (χ1) is 11.3. The van der Waals surface area contributed by atoms with Gasteiger partial charge in [0.1, 0.15) is 0 Å². The minimum Gasteiger partial charge on any atom is -0.381 e. The standard InChI is InChI=1S/C18H19NO4/c20-17-15-6-2-1-5-14(15)16(12-7-8-12)19(17)23-18(21)13-4-3-10-22-11-9-13/h1-2,5-6,13H,3-4,7-11H2. The smallest absolute Gasteiger partial charge is 0.336 e. The molecule has 0 radical (unpaired) electrons. The summed E-state index contributed by atoms with van der Waals surface area (Å²) in [5.74, 6) is -0.761. The minimum atomic E-state index is -0.324. The van der Waals surface area contributed by atoms with Crippen LogP contribution in [0.25, 0.3) is 5.70 Å². The number of nitrogens with zero attached hydrogens (tertiary/aromatic N) is 1. The molecule has 0 aromatic heterocycles. The molecule has 1 saturated heterocycles. The van der Waals surface area contributed by atoms with Crippen molar-refractivity contribution in [1.82, 2.24) is 5.06 Å². The van der Waals surface area contributed by atoms with Gasteiger partial charge in [0.15, 0.2) is 0 Å². The maximum atomic E-state index is 12.6. The van der Waals surface area contributed by atoms with Gasteiger partial charge in [0, 0.05) is 18.8 Å². The van der Waals surface area contributed by atoms with E-state index in [-0.39, 0.29) is 17.8 Å². The van der Waals surface area contributed by atoms with E-state index in [1.165, 1.54) is 10.6 Å². The van der Waals surface area contributed by atoms with Gasteiger partial charge in [-0.3, -0.25) is 4.79 Å². The van der Waals surface area contributed by atoms with Crippen LogP contribution in [0.15, 0.2) is 29.8 Å². The predicted molar refractivity (Wildman–Crippen MR) is 83.0 cm³/mol. The summed E-state index contributed by atoms with van der Waals surface area (Å²) in [6.45, 7) is 1.26. The molecular weight excluding hydrogens is 294 g/mol. The topological polar surface area (TPSA) is 55.8 Å². The molecule has 1 atom stereocenters. The first-order valence-electron chi connectivity index (χ1n) is 8.21. The van der Waals surface area contributed by atoms with Gasteiger partial charge < -0.3 is 9.57 Å². The summed E-state index contributed by atoms with van der Waals surface area (Å²) >= 11 is 0. The Morgan fingerprint density at radius 2 is 1.91 bits per heavy atom. The average Bonchev–Trinajstić information content (AvgIpc) is 3.38. The van der Waals surface area contributed by atoms with Crippen LogP contribution in [0.2, 0.25) is 0 Å². The number of allylic oxidation sites excluding steroid dienone is 1. The third kappa shape index (κ3) is 2.65. The van der Waals surface area contributed by atoms with E-state index < -0.39 is 0 Å². The number of carbonyl (C=O) groups excluding carboxylic acids is 2. The lowest BCUT2D eigenvalue weighted by molar-refractivity contribution is -0.172.